The van der Waals surface area contributed by atoms with Crippen LogP contribution in [-0.4, -0.2) is 15.9 Å². The highest BCUT2D eigenvalue weighted by atomic mass is 32.1. The largest absolute Gasteiger partial charge is 0.461 e. The predicted octanol–water partition coefficient (Wildman–Crippen LogP) is 2.09. The summed E-state index contributed by atoms with van der Waals surface area (Å²) in [5, 5.41) is 22.0. The molecule has 98 valence electrons. The van der Waals surface area contributed by atoms with Gasteiger partial charge in [-0.05, 0) is 30.6 Å². The lowest BCUT2D eigenvalue weighted by molar-refractivity contribution is 0.104. The first-order chi connectivity index (χ1) is 9.67. The monoisotopic (exact) mass is 285 g/mol. The summed E-state index contributed by atoms with van der Waals surface area (Å²) >= 11 is 1.03. The third-order valence-electron chi connectivity index (χ3n) is 2.31. The molecule has 0 saturated carbocycles. The summed E-state index contributed by atoms with van der Waals surface area (Å²) in [6.45, 7) is 1.68. The van der Waals surface area contributed by atoms with Gasteiger partial charge in [0.2, 0.25) is 5.71 Å². The first-order valence-electron chi connectivity index (χ1n) is 5.35. The highest BCUT2D eigenvalue weighted by Crippen LogP contribution is 2.23. The number of aryl methyl sites for hydroxylation is 1. The lowest BCUT2D eigenvalue weighted by Crippen LogP contribution is -2.13. The van der Waals surface area contributed by atoms with Crippen LogP contribution < -0.4 is 5.43 Å². The summed E-state index contributed by atoms with van der Waals surface area (Å²) < 4.78 is 8.89. The molecule has 0 aliphatic rings. The minimum absolute atomic E-state index is 0.0214. The van der Waals surface area contributed by atoms with E-state index in [1.165, 1.54) is 18.4 Å². The fourth-order valence-electron chi connectivity index (χ4n) is 1.34. The predicted molar refractivity (Wildman–Crippen MR) is 71.3 cm³/mol. The van der Waals surface area contributed by atoms with E-state index >= 15 is 0 Å². The summed E-state index contributed by atoms with van der Waals surface area (Å²) in [5.74, 6) is -0.613. The fourth-order valence-corrected chi connectivity index (χ4v) is 2.03. The van der Waals surface area contributed by atoms with Crippen LogP contribution in [0.2, 0.25) is 0 Å². The molecular weight excluding hydrogens is 278 g/mol. The number of carbonyl (C=O) groups excluding carboxylic acids is 1. The zero-order chi connectivity index (χ0) is 14.5. The van der Waals surface area contributed by atoms with E-state index in [9.17, 15) is 4.79 Å². The maximum Gasteiger partial charge on any atom is 0.259 e. The van der Waals surface area contributed by atoms with Crippen LogP contribution in [0.25, 0.3) is 0 Å². The SMILES string of the molecule is Cc1nsc(N/N=C(\C#N)C(=O)c2ccco2)c1C#N. The van der Waals surface area contributed by atoms with Gasteiger partial charge >= 0.3 is 0 Å². The molecule has 2 rings (SSSR count). The summed E-state index contributed by atoms with van der Waals surface area (Å²) in [6.07, 6.45) is 1.33. The first-order valence-corrected chi connectivity index (χ1v) is 6.13. The number of anilines is 1. The minimum Gasteiger partial charge on any atom is -0.461 e. The zero-order valence-corrected chi connectivity index (χ0v) is 11.1. The second kappa shape index (κ2) is 5.78. The molecule has 0 bridgehead atoms. The van der Waals surface area contributed by atoms with Crippen molar-refractivity contribution in [2.24, 2.45) is 5.10 Å². The van der Waals surface area contributed by atoms with Crippen molar-refractivity contribution in [3.8, 4) is 12.1 Å². The number of nitriles is 2. The van der Waals surface area contributed by atoms with Gasteiger partial charge in [0.1, 0.15) is 22.7 Å². The molecule has 1 N–H and O–H groups in total. The molecule has 0 aliphatic carbocycles. The van der Waals surface area contributed by atoms with Crippen molar-refractivity contribution in [1.82, 2.24) is 4.37 Å². The van der Waals surface area contributed by atoms with Gasteiger partial charge in [-0.3, -0.25) is 10.2 Å². The lowest BCUT2D eigenvalue weighted by Gasteiger charge is -1.97. The summed E-state index contributed by atoms with van der Waals surface area (Å²) in [4.78, 5) is 11.9. The Morgan fingerprint density at radius 2 is 2.35 bits per heavy atom. The van der Waals surface area contributed by atoms with Crippen LogP contribution in [0.15, 0.2) is 27.9 Å². The molecule has 20 heavy (non-hydrogen) atoms. The maximum atomic E-state index is 11.9. The number of Topliss-reactive ketones (excluding diaryl/α,β-unsaturated/α-hetero) is 1. The number of ketones is 1. The quantitative estimate of drug-likeness (QED) is 0.522. The van der Waals surface area contributed by atoms with Crippen molar-refractivity contribution in [3.63, 3.8) is 0 Å². The van der Waals surface area contributed by atoms with E-state index < -0.39 is 5.78 Å². The summed E-state index contributed by atoms with van der Waals surface area (Å²) in [7, 11) is 0. The molecular formula is C12H7N5O2S. The molecule has 0 fully saturated rings. The van der Waals surface area contributed by atoms with Crippen LogP contribution >= 0.6 is 11.5 Å². The number of rotatable bonds is 4. The van der Waals surface area contributed by atoms with E-state index in [-0.39, 0.29) is 11.5 Å². The van der Waals surface area contributed by atoms with Crippen molar-refractivity contribution < 1.29 is 9.21 Å². The molecule has 2 aromatic heterocycles. The van der Waals surface area contributed by atoms with Crippen LogP contribution in [0.3, 0.4) is 0 Å². The number of nitrogens with one attached hydrogen (secondary N) is 1. The maximum absolute atomic E-state index is 11.9. The second-order valence-corrected chi connectivity index (χ2v) is 4.35. The average Bonchev–Trinajstić information content (AvgIpc) is 3.09. The number of carbonyl (C=O) groups is 1. The molecule has 0 aliphatic heterocycles. The molecule has 7 nitrogen and oxygen atoms in total. The molecule has 0 amide bonds. The van der Waals surface area contributed by atoms with Gasteiger partial charge in [0, 0.05) is 0 Å². The summed E-state index contributed by atoms with van der Waals surface area (Å²) in [5.41, 5.74) is 3.05. The van der Waals surface area contributed by atoms with Crippen molar-refractivity contribution in [2.45, 2.75) is 6.92 Å². The molecule has 2 heterocycles. The lowest BCUT2D eigenvalue weighted by atomic mass is 10.2. The molecule has 0 unspecified atom stereocenters. The number of nitrogens with zero attached hydrogens (tertiary/aromatic N) is 4. The third-order valence-corrected chi connectivity index (χ3v) is 3.15. The Morgan fingerprint density at radius 1 is 1.55 bits per heavy atom. The highest BCUT2D eigenvalue weighted by Gasteiger charge is 2.17. The molecule has 0 saturated heterocycles. The van der Waals surface area contributed by atoms with Gasteiger partial charge in [0.15, 0.2) is 5.76 Å². The number of hydrogen-bond donors (Lipinski definition) is 1. The molecule has 0 radical (unpaired) electrons. The molecule has 2 aromatic rings. The van der Waals surface area contributed by atoms with Gasteiger partial charge in [-0.2, -0.15) is 20.0 Å². The Bertz CT molecular complexity index is 746. The van der Waals surface area contributed by atoms with Gasteiger partial charge in [-0.1, -0.05) is 0 Å². The normalized spacial score (nSPS) is 10.7. The molecule has 0 atom stereocenters. The van der Waals surface area contributed by atoms with Crippen LogP contribution in [-0.2, 0) is 0 Å². The van der Waals surface area contributed by atoms with Crippen molar-refractivity contribution in [2.75, 3.05) is 5.43 Å². The first kappa shape index (κ1) is 13.5. The molecule has 0 spiro atoms. The molecule has 0 aromatic carbocycles. The second-order valence-electron chi connectivity index (χ2n) is 3.57. The molecule has 8 heteroatoms. The van der Waals surface area contributed by atoms with Gasteiger partial charge in [-0.25, -0.2) is 0 Å². The van der Waals surface area contributed by atoms with Gasteiger partial charge in [0.25, 0.3) is 5.78 Å². The third kappa shape index (κ3) is 2.55. The van der Waals surface area contributed by atoms with Crippen LogP contribution in [0.4, 0.5) is 5.00 Å². The number of aromatic nitrogens is 1. The number of hydrogen-bond acceptors (Lipinski definition) is 8. The van der Waals surface area contributed by atoms with E-state index in [1.807, 2.05) is 6.07 Å². The van der Waals surface area contributed by atoms with Crippen LogP contribution in [0.5, 0.6) is 0 Å². The zero-order valence-electron chi connectivity index (χ0n) is 10.2. The Labute approximate surface area is 117 Å². The van der Waals surface area contributed by atoms with Gasteiger partial charge in [-0.15, -0.1) is 0 Å². The van der Waals surface area contributed by atoms with Gasteiger partial charge < -0.3 is 4.42 Å². The van der Waals surface area contributed by atoms with Crippen molar-refractivity contribution in [3.05, 3.63) is 35.4 Å². The Balaban J connectivity index is 2.23. The van der Waals surface area contributed by atoms with E-state index in [2.05, 4.69) is 14.9 Å². The Kier molecular flexibility index (Phi) is 3.89. The standard InChI is InChI=1S/C12H7N5O2S/c1-7-8(5-13)12(20-17-7)16-15-9(6-14)11(18)10-3-2-4-19-10/h2-4,16H,1H3/b15-9+. The topological polar surface area (TPSA) is 115 Å². The van der Waals surface area contributed by atoms with Crippen molar-refractivity contribution in [1.29, 1.82) is 10.5 Å². The fraction of sp³-hybridized carbons (Fsp3) is 0.0833. The van der Waals surface area contributed by atoms with Crippen LogP contribution in [0, 0.1) is 29.6 Å². The average molecular weight is 285 g/mol. The smallest absolute Gasteiger partial charge is 0.259 e. The number of furan rings is 1. The Hall–Kier alpha value is -2.97. The van der Waals surface area contributed by atoms with E-state index in [0.717, 1.165) is 11.5 Å². The summed E-state index contributed by atoms with van der Waals surface area (Å²) in [6, 6.07) is 6.63. The van der Waals surface area contributed by atoms with E-state index in [4.69, 9.17) is 14.9 Å². The van der Waals surface area contributed by atoms with Crippen molar-refractivity contribution >= 4 is 28.0 Å². The van der Waals surface area contributed by atoms with Crippen LogP contribution in [0.1, 0.15) is 21.8 Å². The number of hydrazone groups is 1. The van der Waals surface area contributed by atoms with E-state index in [1.54, 1.807) is 13.0 Å². The highest BCUT2D eigenvalue weighted by molar-refractivity contribution is 7.10. The van der Waals surface area contributed by atoms with E-state index in [0.29, 0.717) is 16.3 Å². The Morgan fingerprint density at radius 3 is 2.95 bits per heavy atom. The van der Waals surface area contributed by atoms with Gasteiger partial charge in [0.05, 0.1) is 12.0 Å². The minimum atomic E-state index is -0.634.